The summed E-state index contributed by atoms with van der Waals surface area (Å²) in [7, 11) is 0. The predicted octanol–water partition coefficient (Wildman–Crippen LogP) is 2.87. The van der Waals surface area contributed by atoms with Crippen molar-refractivity contribution < 1.29 is 14.7 Å². The molecule has 0 unspecified atom stereocenters. The zero-order valence-electron chi connectivity index (χ0n) is 11.3. The van der Waals surface area contributed by atoms with Crippen molar-refractivity contribution in [2.75, 3.05) is 18.4 Å². The first-order chi connectivity index (χ1) is 9.97. The van der Waals surface area contributed by atoms with Gasteiger partial charge in [-0.05, 0) is 37.6 Å². The molecule has 0 radical (unpaired) electrons. The lowest BCUT2D eigenvalue weighted by molar-refractivity contribution is -0.142. The molecule has 2 rings (SSSR count). The summed E-state index contributed by atoms with van der Waals surface area (Å²) < 4.78 is 0. The Balaban J connectivity index is 1.87. The maximum absolute atomic E-state index is 11.9. The van der Waals surface area contributed by atoms with Crippen molar-refractivity contribution in [1.82, 2.24) is 4.90 Å². The Kier molecular flexibility index (Phi) is 5.45. The van der Waals surface area contributed by atoms with Gasteiger partial charge in [0.15, 0.2) is 0 Å². The summed E-state index contributed by atoms with van der Waals surface area (Å²) in [6, 6.07) is 4.35. The first-order valence-electron chi connectivity index (χ1n) is 6.69. The topological polar surface area (TPSA) is 69.6 Å². The van der Waals surface area contributed by atoms with Crippen LogP contribution in [0.15, 0.2) is 18.2 Å². The fourth-order valence-electron chi connectivity index (χ4n) is 2.42. The van der Waals surface area contributed by atoms with Crippen molar-refractivity contribution in [1.29, 1.82) is 0 Å². The third-order valence-electron chi connectivity index (χ3n) is 3.48. The number of hydrogen-bond donors (Lipinski definition) is 2. The van der Waals surface area contributed by atoms with Gasteiger partial charge in [-0.3, -0.25) is 14.5 Å². The molecule has 1 saturated heterocycles. The molecule has 1 aromatic rings. The fraction of sp³-hybridized carbons (Fsp3) is 0.429. The molecule has 5 nitrogen and oxygen atoms in total. The van der Waals surface area contributed by atoms with E-state index in [2.05, 4.69) is 5.32 Å². The summed E-state index contributed by atoms with van der Waals surface area (Å²) in [6.07, 6.45) is 1.70. The van der Waals surface area contributed by atoms with E-state index in [1.807, 2.05) is 4.90 Å². The second-order valence-corrected chi connectivity index (χ2v) is 5.80. The van der Waals surface area contributed by atoms with E-state index in [9.17, 15) is 9.59 Å². The van der Waals surface area contributed by atoms with Gasteiger partial charge in [0, 0.05) is 18.0 Å². The number of likely N-dealkylation sites (tertiary alicyclic amines) is 1. The highest BCUT2D eigenvalue weighted by Gasteiger charge is 2.30. The molecule has 7 heteroatoms. The number of anilines is 1. The third-order valence-corrected chi connectivity index (χ3v) is 4.04. The number of nitrogens with one attached hydrogen (secondary N) is 1. The minimum Gasteiger partial charge on any atom is -0.480 e. The van der Waals surface area contributed by atoms with Crippen molar-refractivity contribution in [3.63, 3.8) is 0 Å². The summed E-state index contributed by atoms with van der Waals surface area (Å²) >= 11 is 11.8. The van der Waals surface area contributed by atoms with Crippen LogP contribution in [0.4, 0.5) is 5.69 Å². The van der Waals surface area contributed by atoms with Crippen molar-refractivity contribution in [3.8, 4) is 0 Å². The van der Waals surface area contributed by atoms with Gasteiger partial charge in [-0.2, -0.15) is 0 Å². The Morgan fingerprint density at radius 3 is 2.86 bits per heavy atom. The highest BCUT2D eigenvalue weighted by molar-refractivity contribution is 6.35. The molecule has 0 spiro atoms. The first-order valence-corrected chi connectivity index (χ1v) is 7.44. The molecule has 0 bridgehead atoms. The highest BCUT2D eigenvalue weighted by Crippen LogP contribution is 2.25. The monoisotopic (exact) mass is 330 g/mol. The van der Waals surface area contributed by atoms with Gasteiger partial charge in [0.1, 0.15) is 6.04 Å². The Labute approximate surface area is 132 Å². The van der Waals surface area contributed by atoms with Crippen LogP contribution >= 0.6 is 23.2 Å². The van der Waals surface area contributed by atoms with E-state index in [1.165, 1.54) is 0 Å². The number of nitrogens with zero attached hydrogens (tertiary/aromatic N) is 1. The Hall–Kier alpha value is -1.30. The first kappa shape index (κ1) is 16.1. The lowest BCUT2D eigenvalue weighted by Crippen LogP contribution is -2.37. The van der Waals surface area contributed by atoms with Gasteiger partial charge in [0.05, 0.1) is 10.7 Å². The predicted molar refractivity (Wildman–Crippen MR) is 81.9 cm³/mol. The van der Waals surface area contributed by atoms with Gasteiger partial charge in [0.25, 0.3) is 0 Å². The SMILES string of the molecule is O=C(CCN1CCC[C@H]1C(=O)O)Nc1cc(Cl)ccc1Cl. The number of carbonyl (C=O) groups excluding carboxylic acids is 1. The van der Waals surface area contributed by atoms with Gasteiger partial charge in [-0.15, -0.1) is 0 Å². The van der Waals surface area contributed by atoms with Crippen LogP contribution in [0, 0.1) is 0 Å². The number of aliphatic carboxylic acids is 1. The molecule has 1 aliphatic rings. The summed E-state index contributed by atoms with van der Waals surface area (Å²) in [6.45, 7) is 1.13. The molecular formula is C14H16Cl2N2O3. The Morgan fingerprint density at radius 2 is 2.14 bits per heavy atom. The minimum absolute atomic E-state index is 0.213. The van der Waals surface area contributed by atoms with Gasteiger partial charge in [-0.25, -0.2) is 0 Å². The molecule has 0 aromatic heterocycles. The van der Waals surface area contributed by atoms with Gasteiger partial charge >= 0.3 is 5.97 Å². The molecular weight excluding hydrogens is 315 g/mol. The van der Waals surface area contributed by atoms with E-state index in [-0.39, 0.29) is 12.3 Å². The maximum Gasteiger partial charge on any atom is 0.320 e. The normalized spacial score (nSPS) is 18.7. The molecule has 1 aromatic carbocycles. The maximum atomic E-state index is 11.9. The number of carboxylic acid groups (broad SMARTS) is 1. The number of carboxylic acids is 1. The number of amides is 1. The van der Waals surface area contributed by atoms with Gasteiger partial charge < -0.3 is 10.4 Å². The van der Waals surface area contributed by atoms with Gasteiger partial charge in [-0.1, -0.05) is 23.2 Å². The second kappa shape index (κ2) is 7.11. The van der Waals surface area contributed by atoms with E-state index in [0.717, 1.165) is 6.42 Å². The number of benzene rings is 1. The average Bonchev–Trinajstić information content (AvgIpc) is 2.89. The van der Waals surface area contributed by atoms with Crippen molar-refractivity contribution in [2.45, 2.75) is 25.3 Å². The molecule has 1 aliphatic heterocycles. The number of halogens is 2. The van der Waals surface area contributed by atoms with Crippen LogP contribution in [0.1, 0.15) is 19.3 Å². The summed E-state index contributed by atoms with van der Waals surface area (Å²) in [5.74, 6) is -1.04. The van der Waals surface area contributed by atoms with E-state index >= 15 is 0 Å². The second-order valence-electron chi connectivity index (χ2n) is 4.95. The van der Waals surface area contributed by atoms with E-state index in [1.54, 1.807) is 18.2 Å². The highest BCUT2D eigenvalue weighted by atomic mass is 35.5. The fourth-order valence-corrected chi connectivity index (χ4v) is 2.76. The van der Waals surface area contributed by atoms with Crippen molar-refractivity contribution in [2.24, 2.45) is 0 Å². The number of hydrogen-bond acceptors (Lipinski definition) is 3. The van der Waals surface area contributed by atoms with Crippen LogP contribution in [0.3, 0.4) is 0 Å². The largest absolute Gasteiger partial charge is 0.480 e. The van der Waals surface area contributed by atoms with Gasteiger partial charge in [0.2, 0.25) is 5.91 Å². The lowest BCUT2D eigenvalue weighted by Gasteiger charge is -2.20. The summed E-state index contributed by atoms with van der Waals surface area (Å²) in [5, 5.41) is 12.7. The molecule has 0 saturated carbocycles. The molecule has 114 valence electrons. The van der Waals surface area contributed by atoms with Crippen LogP contribution in [0.2, 0.25) is 10.0 Å². The number of rotatable bonds is 5. The van der Waals surface area contributed by atoms with E-state index in [0.29, 0.717) is 35.2 Å². The number of carbonyl (C=O) groups is 2. The zero-order chi connectivity index (χ0) is 15.4. The van der Waals surface area contributed by atoms with Crippen LogP contribution in [0.5, 0.6) is 0 Å². The molecule has 2 N–H and O–H groups in total. The van der Waals surface area contributed by atoms with Crippen molar-refractivity contribution in [3.05, 3.63) is 28.2 Å². The van der Waals surface area contributed by atoms with E-state index in [4.69, 9.17) is 28.3 Å². The smallest absolute Gasteiger partial charge is 0.320 e. The summed E-state index contributed by atoms with van der Waals surface area (Å²) in [4.78, 5) is 24.8. The molecule has 0 aliphatic carbocycles. The van der Waals surface area contributed by atoms with Crippen LogP contribution in [0.25, 0.3) is 0 Å². The van der Waals surface area contributed by atoms with Crippen LogP contribution in [-0.4, -0.2) is 41.0 Å². The zero-order valence-corrected chi connectivity index (χ0v) is 12.8. The van der Waals surface area contributed by atoms with Crippen LogP contribution in [-0.2, 0) is 9.59 Å². The van der Waals surface area contributed by atoms with Crippen LogP contribution < -0.4 is 5.32 Å². The molecule has 1 amide bonds. The molecule has 1 heterocycles. The molecule has 1 fully saturated rings. The van der Waals surface area contributed by atoms with Crippen molar-refractivity contribution >= 4 is 40.8 Å². The Bertz CT molecular complexity index is 551. The minimum atomic E-state index is -0.828. The quantitative estimate of drug-likeness (QED) is 0.870. The third kappa shape index (κ3) is 4.33. The summed E-state index contributed by atoms with van der Waals surface area (Å²) in [5.41, 5.74) is 0.463. The molecule has 21 heavy (non-hydrogen) atoms. The Morgan fingerprint density at radius 1 is 1.38 bits per heavy atom. The van der Waals surface area contributed by atoms with E-state index < -0.39 is 12.0 Å². The standard InChI is InChI=1S/C14H16Cl2N2O3/c15-9-3-4-10(16)11(8-9)17-13(19)5-7-18-6-1-2-12(18)14(20)21/h3-4,8,12H,1-2,5-7H2,(H,17,19)(H,20,21)/t12-/m0/s1. The average molecular weight is 331 g/mol. The molecule has 1 atom stereocenters. The lowest BCUT2D eigenvalue weighted by atomic mass is 10.2.